The fourth-order valence-corrected chi connectivity index (χ4v) is 6.07. The molecule has 4 heterocycles. The van der Waals surface area contributed by atoms with Crippen LogP contribution >= 0.6 is 11.3 Å². The van der Waals surface area contributed by atoms with Crippen molar-refractivity contribution in [2.45, 2.75) is 50.5 Å². The summed E-state index contributed by atoms with van der Waals surface area (Å²) in [6.07, 6.45) is 10.4. The van der Waals surface area contributed by atoms with Crippen molar-refractivity contribution in [3.63, 3.8) is 0 Å². The Balaban J connectivity index is 1.41. The molecule has 9 heteroatoms. The molecule has 8 nitrogen and oxygen atoms in total. The first-order chi connectivity index (χ1) is 16.0. The number of aromatic nitrogens is 3. The molecular weight excluding hydrogens is 434 g/mol. The molecular formula is C24H31N7OS. The first-order valence-corrected chi connectivity index (χ1v) is 12.6. The number of pyridine rings is 1. The Kier molecular flexibility index (Phi) is 6.16. The number of amides is 1. The highest BCUT2D eigenvalue weighted by atomic mass is 32.1. The van der Waals surface area contributed by atoms with Crippen molar-refractivity contribution in [1.82, 2.24) is 19.9 Å². The van der Waals surface area contributed by atoms with Crippen LogP contribution in [-0.2, 0) is 0 Å². The lowest BCUT2D eigenvalue weighted by Gasteiger charge is -2.31. The Morgan fingerprint density at radius 3 is 2.55 bits per heavy atom. The lowest BCUT2D eigenvalue weighted by molar-refractivity contribution is 0.0831. The highest BCUT2D eigenvalue weighted by molar-refractivity contribution is 7.21. The van der Waals surface area contributed by atoms with E-state index in [1.165, 1.54) is 24.2 Å². The Hall–Kier alpha value is -2.78. The molecule has 1 aliphatic heterocycles. The van der Waals surface area contributed by atoms with E-state index in [0.717, 1.165) is 65.1 Å². The van der Waals surface area contributed by atoms with E-state index in [1.54, 1.807) is 19.0 Å². The molecule has 0 radical (unpaired) electrons. The number of anilines is 3. The largest absolute Gasteiger partial charge is 0.370 e. The molecule has 1 saturated carbocycles. The van der Waals surface area contributed by atoms with Gasteiger partial charge in [0, 0.05) is 38.8 Å². The topological polar surface area (TPSA) is 100 Å². The fraction of sp³-hybridized carbons (Fsp3) is 0.500. The number of thiophene rings is 1. The van der Waals surface area contributed by atoms with Crippen LogP contribution in [-0.4, -0.2) is 59.0 Å². The highest BCUT2D eigenvalue weighted by Gasteiger charge is 2.29. The van der Waals surface area contributed by atoms with Crippen molar-refractivity contribution in [2.24, 2.45) is 5.73 Å². The summed E-state index contributed by atoms with van der Waals surface area (Å²) in [5, 5.41) is 3.25. The van der Waals surface area contributed by atoms with Gasteiger partial charge in [-0.2, -0.15) is 0 Å². The zero-order valence-corrected chi connectivity index (χ0v) is 20.1. The predicted molar refractivity (Wildman–Crippen MR) is 134 cm³/mol. The average molecular weight is 466 g/mol. The van der Waals surface area contributed by atoms with E-state index in [2.05, 4.69) is 26.3 Å². The number of carbonyl (C=O) groups excluding carboxylic acids is 1. The summed E-state index contributed by atoms with van der Waals surface area (Å²) in [5.74, 6) is 1.64. The first kappa shape index (κ1) is 22.0. The fourth-order valence-electron chi connectivity index (χ4n) is 4.85. The van der Waals surface area contributed by atoms with Crippen LogP contribution in [0.2, 0.25) is 0 Å². The molecule has 1 aliphatic carbocycles. The van der Waals surface area contributed by atoms with E-state index in [1.807, 2.05) is 18.5 Å². The maximum absolute atomic E-state index is 12.9. The lowest BCUT2D eigenvalue weighted by Crippen LogP contribution is -2.39. The third kappa shape index (κ3) is 4.52. The first-order valence-electron chi connectivity index (χ1n) is 11.7. The molecule has 3 aromatic heterocycles. The van der Waals surface area contributed by atoms with E-state index >= 15 is 0 Å². The second kappa shape index (κ2) is 9.23. The molecule has 3 aromatic rings. The van der Waals surface area contributed by atoms with Crippen molar-refractivity contribution < 1.29 is 4.79 Å². The predicted octanol–water partition coefficient (Wildman–Crippen LogP) is 4.12. The number of nitrogens with zero attached hydrogens (tertiary/aromatic N) is 5. The molecule has 0 bridgehead atoms. The van der Waals surface area contributed by atoms with Gasteiger partial charge in [-0.05, 0) is 43.7 Å². The SMILES string of the molecule is CN(C)C(=O)c1sc2cnc(Nc3ccc(N4CCC(N)CC4)cn3)nc2c1C1CCCC1. The van der Waals surface area contributed by atoms with Gasteiger partial charge in [-0.25, -0.2) is 15.0 Å². The summed E-state index contributed by atoms with van der Waals surface area (Å²) in [5.41, 5.74) is 9.13. The molecule has 1 saturated heterocycles. The van der Waals surface area contributed by atoms with E-state index in [-0.39, 0.29) is 5.91 Å². The van der Waals surface area contributed by atoms with Gasteiger partial charge in [-0.3, -0.25) is 4.79 Å². The van der Waals surface area contributed by atoms with E-state index in [4.69, 9.17) is 10.7 Å². The summed E-state index contributed by atoms with van der Waals surface area (Å²) in [6, 6.07) is 4.35. The van der Waals surface area contributed by atoms with Gasteiger partial charge in [-0.15, -0.1) is 11.3 Å². The number of carbonyl (C=O) groups is 1. The van der Waals surface area contributed by atoms with Crippen LogP contribution in [0.15, 0.2) is 24.5 Å². The molecule has 0 aromatic carbocycles. The minimum Gasteiger partial charge on any atom is -0.370 e. The van der Waals surface area contributed by atoms with Crippen LogP contribution in [0.1, 0.15) is 59.7 Å². The van der Waals surface area contributed by atoms with Crippen molar-refractivity contribution in [3.8, 4) is 0 Å². The van der Waals surface area contributed by atoms with Gasteiger partial charge in [0.1, 0.15) is 5.82 Å². The van der Waals surface area contributed by atoms with Crippen LogP contribution < -0.4 is 16.0 Å². The number of hydrogen-bond acceptors (Lipinski definition) is 8. The third-order valence-corrected chi connectivity index (χ3v) is 7.84. The maximum atomic E-state index is 12.9. The highest BCUT2D eigenvalue weighted by Crippen LogP contribution is 2.43. The van der Waals surface area contributed by atoms with Gasteiger partial charge >= 0.3 is 0 Å². The van der Waals surface area contributed by atoms with Gasteiger partial charge in [0.2, 0.25) is 5.95 Å². The van der Waals surface area contributed by atoms with Crippen molar-refractivity contribution in [1.29, 1.82) is 0 Å². The molecule has 0 spiro atoms. The Morgan fingerprint density at radius 2 is 1.88 bits per heavy atom. The minimum absolute atomic E-state index is 0.0466. The molecule has 5 rings (SSSR count). The minimum atomic E-state index is 0.0466. The number of nitrogens with one attached hydrogen (secondary N) is 1. The number of fused-ring (bicyclic) bond motifs is 1. The zero-order valence-electron chi connectivity index (χ0n) is 19.3. The Bertz CT molecular complexity index is 1130. The van der Waals surface area contributed by atoms with Crippen molar-refractivity contribution in [3.05, 3.63) is 35.0 Å². The monoisotopic (exact) mass is 465 g/mol. The summed E-state index contributed by atoms with van der Waals surface area (Å²) in [4.78, 5) is 31.6. The van der Waals surface area contributed by atoms with Crippen molar-refractivity contribution >= 4 is 44.9 Å². The maximum Gasteiger partial charge on any atom is 0.263 e. The Labute approximate surface area is 198 Å². The molecule has 2 aliphatic rings. The normalized spacial score (nSPS) is 17.6. The quantitative estimate of drug-likeness (QED) is 0.585. The van der Waals surface area contributed by atoms with E-state index < -0.39 is 0 Å². The van der Waals surface area contributed by atoms with Crippen LogP contribution in [0, 0.1) is 0 Å². The third-order valence-electron chi connectivity index (χ3n) is 6.72. The number of hydrogen-bond donors (Lipinski definition) is 2. The van der Waals surface area contributed by atoms with Crippen molar-refractivity contribution in [2.75, 3.05) is 37.4 Å². The van der Waals surface area contributed by atoms with Crippen LogP contribution in [0.3, 0.4) is 0 Å². The summed E-state index contributed by atoms with van der Waals surface area (Å²) < 4.78 is 0.958. The van der Waals surface area contributed by atoms with Gasteiger partial charge in [0.25, 0.3) is 5.91 Å². The standard InChI is InChI=1S/C24H31N7OS/c1-30(2)23(32)22-20(15-5-3-4-6-15)21-18(33-22)14-27-24(29-21)28-19-8-7-17(13-26-19)31-11-9-16(25)10-12-31/h7-8,13-16H,3-6,9-12,25H2,1-2H3,(H,26,27,28,29). The smallest absolute Gasteiger partial charge is 0.263 e. The molecule has 3 N–H and O–H groups in total. The lowest BCUT2D eigenvalue weighted by atomic mass is 9.96. The van der Waals surface area contributed by atoms with Gasteiger partial charge in [0.05, 0.1) is 33.2 Å². The van der Waals surface area contributed by atoms with E-state index in [9.17, 15) is 4.79 Å². The molecule has 33 heavy (non-hydrogen) atoms. The molecule has 2 fully saturated rings. The summed E-state index contributed by atoms with van der Waals surface area (Å²) in [6.45, 7) is 1.93. The summed E-state index contributed by atoms with van der Waals surface area (Å²) in [7, 11) is 3.61. The number of rotatable bonds is 5. The Morgan fingerprint density at radius 1 is 1.12 bits per heavy atom. The van der Waals surface area contributed by atoms with Crippen LogP contribution in [0.5, 0.6) is 0 Å². The van der Waals surface area contributed by atoms with Crippen LogP contribution in [0.4, 0.5) is 17.5 Å². The summed E-state index contributed by atoms with van der Waals surface area (Å²) >= 11 is 1.51. The van der Waals surface area contributed by atoms with Crippen LogP contribution in [0.25, 0.3) is 10.2 Å². The molecule has 174 valence electrons. The van der Waals surface area contributed by atoms with Gasteiger partial charge in [-0.1, -0.05) is 12.8 Å². The van der Waals surface area contributed by atoms with Gasteiger partial charge in [0.15, 0.2) is 0 Å². The number of nitrogens with two attached hydrogens (primary N) is 1. The second-order valence-corrected chi connectivity index (χ2v) is 10.3. The second-order valence-electron chi connectivity index (χ2n) is 9.28. The molecule has 1 amide bonds. The van der Waals surface area contributed by atoms with Gasteiger partial charge < -0.3 is 20.9 Å². The average Bonchev–Trinajstić information content (AvgIpc) is 3.47. The molecule has 0 atom stereocenters. The zero-order chi connectivity index (χ0) is 22.9. The van der Waals surface area contributed by atoms with E-state index in [0.29, 0.717) is 23.7 Å². The molecule has 0 unspecified atom stereocenters. The number of piperidine rings is 1.